The molecular formula is C17H23ClN2O. The van der Waals surface area contributed by atoms with Gasteiger partial charge in [0.1, 0.15) is 0 Å². The minimum atomic E-state index is -0.973. The molecule has 0 radical (unpaired) electrons. The summed E-state index contributed by atoms with van der Waals surface area (Å²) in [6.45, 7) is 7.94. The molecule has 0 saturated heterocycles. The zero-order valence-corrected chi connectivity index (χ0v) is 14.1. The first-order chi connectivity index (χ1) is 9.74. The Balaban J connectivity index is 2.39. The molecule has 2 aromatic rings. The number of benzene rings is 1. The summed E-state index contributed by atoms with van der Waals surface area (Å²) in [5.74, 6) is 0. The van der Waals surface area contributed by atoms with Crippen molar-refractivity contribution in [2.45, 2.75) is 46.1 Å². The number of nitrogens with zero attached hydrogens (tertiary/aromatic N) is 2. The lowest BCUT2D eigenvalue weighted by atomic mass is 9.89. The van der Waals surface area contributed by atoms with Gasteiger partial charge in [-0.15, -0.1) is 0 Å². The zero-order valence-electron chi connectivity index (χ0n) is 13.4. The molecule has 114 valence electrons. The second-order valence-corrected chi connectivity index (χ2v) is 6.39. The highest BCUT2D eigenvalue weighted by molar-refractivity contribution is 6.31. The van der Waals surface area contributed by atoms with Gasteiger partial charge in [-0.05, 0) is 32.8 Å². The van der Waals surface area contributed by atoms with Crippen LogP contribution in [-0.4, -0.2) is 14.9 Å². The largest absolute Gasteiger partial charge is 0.385 e. The van der Waals surface area contributed by atoms with Crippen molar-refractivity contribution in [3.05, 3.63) is 51.3 Å². The van der Waals surface area contributed by atoms with Gasteiger partial charge in [-0.3, -0.25) is 4.68 Å². The van der Waals surface area contributed by atoms with Crippen LogP contribution in [0.5, 0.6) is 0 Å². The number of rotatable bonds is 4. The zero-order chi connectivity index (χ0) is 15.8. The van der Waals surface area contributed by atoms with Gasteiger partial charge in [-0.1, -0.05) is 47.9 Å². The maximum atomic E-state index is 10.9. The second kappa shape index (κ2) is 5.82. The van der Waals surface area contributed by atoms with Gasteiger partial charge in [0.05, 0.1) is 22.0 Å². The molecule has 21 heavy (non-hydrogen) atoms. The Labute approximate surface area is 131 Å². The summed E-state index contributed by atoms with van der Waals surface area (Å²) >= 11 is 6.39. The predicted octanol–water partition coefficient (Wildman–Crippen LogP) is 3.70. The summed E-state index contributed by atoms with van der Waals surface area (Å²) in [6, 6.07) is 6.15. The van der Waals surface area contributed by atoms with Crippen molar-refractivity contribution in [2.24, 2.45) is 7.05 Å². The molecule has 0 aliphatic heterocycles. The van der Waals surface area contributed by atoms with Crippen LogP contribution in [0.25, 0.3) is 0 Å². The van der Waals surface area contributed by atoms with Crippen molar-refractivity contribution in [1.29, 1.82) is 0 Å². The Bertz CT molecular complexity index is 639. The van der Waals surface area contributed by atoms with Gasteiger partial charge in [0, 0.05) is 13.5 Å². The highest BCUT2D eigenvalue weighted by Crippen LogP contribution is 2.31. The Morgan fingerprint density at radius 2 is 1.81 bits per heavy atom. The lowest BCUT2D eigenvalue weighted by Gasteiger charge is -2.25. The number of aromatic nitrogens is 2. The van der Waals surface area contributed by atoms with Crippen LogP contribution in [0, 0.1) is 13.8 Å². The van der Waals surface area contributed by atoms with E-state index in [1.54, 1.807) is 4.68 Å². The van der Waals surface area contributed by atoms with Crippen LogP contribution >= 0.6 is 11.6 Å². The topological polar surface area (TPSA) is 38.0 Å². The highest BCUT2D eigenvalue weighted by Gasteiger charge is 2.28. The molecule has 1 N–H and O–H groups in total. The summed E-state index contributed by atoms with van der Waals surface area (Å²) in [7, 11) is 1.87. The van der Waals surface area contributed by atoms with Crippen LogP contribution in [0.1, 0.15) is 41.9 Å². The Morgan fingerprint density at radius 1 is 1.24 bits per heavy atom. The minimum Gasteiger partial charge on any atom is -0.385 e. The molecule has 0 saturated carbocycles. The first-order valence-electron chi connectivity index (χ1n) is 7.26. The lowest BCUT2D eigenvalue weighted by molar-refractivity contribution is 0.0555. The highest BCUT2D eigenvalue weighted by atomic mass is 35.5. The Hall–Kier alpha value is -1.32. The fourth-order valence-corrected chi connectivity index (χ4v) is 3.09. The van der Waals surface area contributed by atoms with Crippen molar-refractivity contribution < 1.29 is 5.11 Å². The van der Waals surface area contributed by atoms with Gasteiger partial charge in [0.15, 0.2) is 0 Å². The van der Waals surface area contributed by atoms with Crippen LogP contribution in [0.4, 0.5) is 0 Å². The third-order valence-corrected chi connectivity index (χ3v) is 4.29. The van der Waals surface area contributed by atoms with Gasteiger partial charge in [-0.2, -0.15) is 5.10 Å². The maximum Gasteiger partial charge on any atom is 0.0924 e. The molecule has 0 fully saturated rings. The van der Waals surface area contributed by atoms with Crippen molar-refractivity contribution >= 4 is 11.6 Å². The third kappa shape index (κ3) is 3.30. The van der Waals surface area contributed by atoms with E-state index >= 15 is 0 Å². The van der Waals surface area contributed by atoms with Gasteiger partial charge in [-0.25, -0.2) is 0 Å². The fraction of sp³-hybridized carbons (Fsp3) is 0.471. The number of aliphatic hydroxyl groups is 1. The van der Waals surface area contributed by atoms with E-state index in [9.17, 15) is 5.11 Å². The van der Waals surface area contributed by atoms with E-state index in [0.717, 1.165) is 34.5 Å². The minimum absolute atomic E-state index is 0.443. The summed E-state index contributed by atoms with van der Waals surface area (Å²) < 4.78 is 1.78. The maximum absolute atomic E-state index is 10.9. The lowest BCUT2D eigenvalue weighted by Crippen LogP contribution is -2.26. The molecule has 0 aliphatic carbocycles. The van der Waals surface area contributed by atoms with Crippen LogP contribution in [0.2, 0.25) is 5.02 Å². The van der Waals surface area contributed by atoms with Crippen molar-refractivity contribution in [3.63, 3.8) is 0 Å². The molecular weight excluding hydrogens is 284 g/mol. The molecule has 0 amide bonds. The first kappa shape index (κ1) is 16.1. The van der Waals surface area contributed by atoms with Crippen LogP contribution < -0.4 is 0 Å². The number of halogens is 1. The van der Waals surface area contributed by atoms with Crippen molar-refractivity contribution in [1.82, 2.24) is 9.78 Å². The summed E-state index contributed by atoms with van der Waals surface area (Å²) in [6.07, 6.45) is 1.23. The molecule has 1 aromatic heterocycles. The average molecular weight is 307 g/mol. The van der Waals surface area contributed by atoms with Gasteiger partial charge < -0.3 is 5.11 Å². The van der Waals surface area contributed by atoms with E-state index in [4.69, 9.17) is 11.6 Å². The van der Waals surface area contributed by atoms with E-state index < -0.39 is 5.60 Å². The summed E-state index contributed by atoms with van der Waals surface area (Å²) in [5.41, 5.74) is 3.99. The van der Waals surface area contributed by atoms with Gasteiger partial charge in [0.2, 0.25) is 0 Å². The molecule has 3 nitrogen and oxygen atoms in total. The van der Waals surface area contributed by atoms with Crippen molar-refractivity contribution in [2.75, 3.05) is 0 Å². The Morgan fingerprint density at radius 3 is 2.29 bits per heavy atom. The van der Waals surface area contributed by atoms with Gasteiger partial charge >= 0.3 is 0 Å². The van der Waals surface area contributed by atoms with Crippen molar-refractivity contribution in [3.8, 4) is 0 Å². The standard InChI is InChI=1S/C17H23ClN2O/c1-6-14-16(18)15(20(5)19-14)10-17(4,21)13-8-11(2)7-12(3)9-13/h7-9,21H,6,10H2,1-5H3. The summed E-state index contributed by atoms with van der Waals surface area (Å²) in [5, 5.41) is 16.0. The molecule has 2 rings (SSSR count). The van der Waals surface area contributed by atoms with Crippen LogP contribution in [0.15, 0.2) is 18.2 Å². The SMILES string of the molecule is CCc1nn(C)c(CC(C)(O)c2cc(C)cc(C)c2)c1Cl. The van der Waals surface area contributed by atoms with Gasteiger partial charge in [0.25, 0.3) is 0 Å². The molecule has 1 unspecified atom stereocenters. The molecule has 0 aliphatic rings. The fourth-order valence-electron chi connectivity index (χ4n) is 2.73. The quantitative estimate of drug-likeness (QED) is 0.935. The molecule has 1 atom stereocenters. The normalized spacial score (nSPS) is 14.2. The number of hydrogen-bond acceptors (Lipinski definition) is 2. The number of aryl methyl sites for hydroxylation is 4. The molecule has 0 spiro atoms. The first-order valence-corrected chi connectivity index (χ1v) is 7.63. The predicted molar refractivity (Wildman–Crippen MR) is 86.8 cm³/mol. The molecule has 1 heterocycles. The third-order valence-electron chi connectivity index (χ3n) is 3.86. The molecule has 1 aromatic carbocycles. The van der Waals surface area contributed by atoms with E-state index in [0.29, 0.717) is 11.4 Å². The smallest absolute Gasteiger partial charge is 0.0924 e. The average Bonchev–Trinajstić information content (AvgIpc) is 2.65. The van der Waals surface area contributed by atoms with E-state index in [2.05, 4.69) is 11.2 Å². The summed E-state index contributed by atoms with van der Waals surface area (Å²) in [4.78, 5) is 0. The molecule has 4 heteroatoms. The van der Waals surface area contributed by atoms with E-state index in [1.807, 2.05) is 46.9 Å². The van der Waals surface area contributed by atoms with Crippen LogP contribution in [0.3, 0.4) is 0 Å². The monoisotopic (exact) mass is 306 g/mol. The van der Waals surface area contributed by atoms with Crippen LogP contribution in [-0.2, 0) is 25.5 Å². The molecule has 0 bridgehead atoms. The number of hydrogen-bond donors (Lipinski definition) is 1. The second-order valence-electron chi connectivity index (χ2n) is 6.01. The Kier molecular flexibility index (Phi) is 4.45. The van der Waals surface area contributed by atoms with E-state index in [1.165, 1.54) is 0 Å². The van der Waals surface area contributed by atoms with E-state index in [-0.39, 0.29) is 0 Å².